The topological polar surface area (TPSA) is 38.3 Å². The van der Waals surface area contributed by atoms with Gasteiger partial charge in [0.1, 0.15) is 5.75 Å². The normalized spacial score (nSPS) is 12.3. The highest BCUT2D eigenvalue weighted by Crippen LogP contribution is 2.18. The Morgan fingerprint density at radius 1 is 1.38 bits per heavy atom. The molecule has 0 aromatic heterocycles. The SMILES string of the molecule is CC(Br)C(=O)Nc1ccc(OC(F)F)cc1. The summed E-state index contributed by atoms with van der Waals surface area (Å²) in [4.78, 5) is 11.0. The van der Waals surface area contributed by atoms with Gasteiger partial charge in [-0.15, -0.1) is 0 Å². The van der Waals surface area contributed by atoms with Crippen LogP contribution in [0.15, 0.2) is 24.3 Å². The molecule has 0 heterocycles. The predicted octanol–water partition coefficient (Wildman–Crippen LogP) is 3.01. The molecule has 1 rings (SSSR count). The number of alkyl halides is 3. The van der Waals surface area contributed by atoms with Crippen LogP contribution in [0.2, 0.25) is 0 Å². The number of benzene rings is 1. The smallest absolute Gasteiger partial charge is 0.387 e. The third-order valence-electron chi connectivity index (χ3n) is 1.71. The molecule has 0 saturated carbocycles. The lowest BCUT2D eigenvalue weighted by Gasteiger charge is -2.08. The number of carbonyl (C=O) groups is 1. The molecule has 3 nitrogen and oxygen atoms in total. The van der Waals surface area contributed by atoms with Crippen LogP contribution >= 0.6 is 15.9 Å². The Bertz CT molecular complexity index is 354. The third-order valence-corrected chi connectivity index (χ3v) is 2.12. The van der Waals surface area contributed by atoms with Crippen LogP contribution in [0.1, 0.15) is 6.92 Å². The lowest BCUT2D eigenvalue weighted by atomic mass is 10.3. The molecule has 1 unspecified atom stereocenters. The molecule has 88 valence electrons. The van der Waals surface area contributed by atoms with E-state index in [1.807, 2.05) is 0 Å². The van der Waals surface area contributed by atoms with Gasteiger partial charge >= 0.3 is 6.61 Å². The first-order chi connectivity index (χ1) is 7.49. The van der Waals surface area contributed by atoms with Crippen molar-refractivity contribution in [2.75, 3.05) is 5.32 Å². The summed E-state index contributed by atoms with van der Waals surface area (Å²) >= 11 is 3.11. The van der Waals surface area contributed by atoms with Gasteiger partial charge in [-0.05, 0) is 31.2 Å². The van der Waals surface area contributed by atoms with Crippen LogP contribution in [-0.2, 0) is 4.79 Å². The molecule has 0 bridgehead atoms. The fourth-order valence-corrected chi connectivity index (χ4v) is 1.08. The Hall–Kier alpha value is -1.17. The molecule has 0 aliphatic heterocycles. The quantitative estimate of drug-likeness (QED) is 0.867. The molecule has 0 fully saturated rings. The minimum atomic E-state index is -2.84. The molecule has 16 heavy (non-hydrogen) atoms. The second kappa shape index (κ2) is 5.79. The summed E-state index contributed by atoms with van der Waals surface area (Å²) in [5, 5.41) is 2.59. The van der Waals surface area contributed by atoms with E-state index in [9.17, 15) is 13.6 Å². The number of carbonyl (C=O) groups excluding carboxylic acids is 1. The standard InChI is InChI=1S/C10H10BrF2NO2/c1-6(11)9(15)14-7-2-4-8(5-3-7)16-10(12)13/h2-6,10H,1H3,(H,14,15). The van der Waals surface area contributed by atoms with Gasteiger partial charge in [0.25, 0.3) is 0 Å². The van der Waals surface area contributed by atoms with E-state index in [0.29, 0.717) is 5.69 Å². The Kier molecular flexibility index (Phi) is 4.67. The fourth-order valence-electron chi connectivity index (χ4n) is 0.961. The van der Waals surface area contributed by atoms with E-state index in [-0.39, 0.29) is 16.5 Å². The lowest BCUT2D eigenvalue weighted by Crippen LogP contribution is -2.19. The number of hydrogen-bond acceptors (Lipinski definition) is 2. The van der Waals surface area contributed by atoms with Crippen LogP contribution in [0.25, 0.3) is 0 Å². The molecule has 1 aromatic rings. The molecule has 1 N–H and O–H groups in total. The number of halogens is 3. The summed E-state index contributed by atoms with van der Waals surface area (Å²) in [6.07, 6.45) is 0. The molecule has 0 spiro atoms. The van der Waals surface area contributed by atoms with Crippen molar-refractivity contribution in [1.82, 2.24) is 0 Å². The summed E-state index contributed by atoms with van der Waals surface area (Å²) in [5.74, 6) is -0.151. The molecule has 0 aliphatic carbocycles. The van der Waals surface area contributed by atoms with Gasteiger partial charge in [-0.25, -0.2) is 0 Å². The number of amides is 1. The molecule has 1 aromatic carbocycles. The second-order valence-corrected chi connectivity index (χ2v) is 4.38. The molecular formula is C10H10BrF2NO2. The van der Waals surface area contributed by atoms with Gasteiger partial charge in [-0.2, -0.15) is 8.78 Å². The van der Waals surface area contributed by atoms with E-state index in [4.69, 9.17) is 0 Å². The van der Waals surface area contributed by atoms with Crippen molar-refractivity contribution in [2.45, 2.75) is 18.4 Å². The number of nitrogens with one attached hydrogen (secondary N) is 1. The molecule has 0 saturated heterocycles. The Labute approximate surface area is 99.9 Å². The Morgan fingerprint density at radius 2 is 1.94 bits per heavy atom. The molecule has 1 amide bonds. The van der Waals surface area contributed by atoms with Crippen molar-refractivity contribution in [3.05, 3.63) is 24.3 Å². The van der Waals surface area contributed by atoms with Gasteiger partial charge in [0, 0.05) is 5.69 Å². The minimum Gasteiger partial charge on any atom is -0.435 e. The highest BCUT2D eigenvalue weighted by atomic mass is 79.9. The fraction of sp³-hybridized carbons (Fsp3) is 0.300. The molecule has 6 heteroatoms. The average Bonchev–Trinajstić information content (AvgIpc) is 2.20. The first kappa shape index (κ1) is 12.9. The van der Waals surface area contributed by atoms with Crippen molar-refractivity contribution in [2.24, 2.45) is 0 Å². The van der Waals surface area contributed by atoms with E-state index in [2.05, 4.69) is 26.0 Å². The van der Waals surface area contributed by atoms with Gasteiger partial charge in [-0.1, -0.05) is 15.9 Å². The number of hydrogen-bond donors (Lipinski definition) is 1. The van der Waals surface area contributed by atoms with E-state index >= 15 is 0 Å². The lowest BCUT2D eigenvalue weighted by molar-refractivity contribution is -0.115. The second-order valence-electron chi connectivity index (χ2n) is 3.01. The van der Waals surface area contributed by atoms with Crippen molar-refractivity contribution in [3.63, 3.8) is 0 Å². The largest absolute Gasteiger partial charge is 0.435 e. The first-order valence-corrected chi connectivity index (χ1v) is 5.40. The van der Waals surface area contributed by atoms with Crippen LogP contribution in [0.5, 0.6) is 5.75 Å². The highest BCUT2D eigenvalue weighted by molar-refractivity contribution is 9.10. The maximum absolute atomic E-state index is 11.8. The van der Waals surface area contributed by atoms with Crippen LogP contribution in [0, 0.1) is 0 Å². The predicted molar refractivity (Wildman–Crippen MR) is 60.1 cm³/mol. The summed E-state index contributed by atoms with van der Waals surface area (Å²) in [7, 11) is 0. The van der Waals surface area contributed by atoms with E-state index in [1.165, 1.54) is 24.3 Å². The highest BCUT2D eigenvalue weighted by Gasteiger charge is 2.09. The summed E-state index contributed by atoms with van der Waals surface area (Å²) in [6, 6.07) is 5.71. The first-order valence-electron chi connectivity index (χ1n) is 4.49. The zero-order chi connectivity index (χ0) is 12.1. The number of ether oxygens (including phenoxy) is 1. The average molecular weight is 294 g/mol. The van der Waals surface area contributed by atoms with E-state index < -0.39 is 6.61 Å². The van der Waals surface area contributed by atoms with Crippen molar-refractivity contribution < 1.29 is 18.3 Å². The van der Waals surface area contributed by atoms with Crippen LogP contribution in [0.3, 0.4) is 0 Å². The zero-order valence-corrected chi connectivity index (χ0v) is 10.0. The number of rotatable bonds is 4. The van der Waals surface area contributed by atoms with Crippen molar-refractivity contribution in [3.8, 4) is 5.75 Å². The van der Waals surface area contributed by atoms with Gasteiger partial charge in [0.15, 0.2) is 0 Å². The van der Waals surface area contributed by atoms with E-state index in [0.717, 1.165) is 0 Å². The number of anilines is 1. The maximum Gasteiger partial charge on any atom is 0.387 e. The summed E-state index contributed by atoms with van der Waals surface area (Å²) in [5.41, 5.74) is 0.526. The molecule has 0 radical (unpaired) electrons. The molecular weight excluding hydrogens is 284 g/mol. The Balaban J connectivity index is 2.61. The summed E-state index contributed by atoms with van der Waals surface area (Å²) in [6.45, 7) is -1.16. The van der Waals surface area contributed by atoms with Crippen molar-refractivity contribution >= 4 is 27.5 Å². The van der Waals surface area contributed by atoms with Gasteiger partial charge < -0.3 is 10.1 Å². The zero-order valence-electron chi connectivity index (χ0n) is 8.41. The summed E-state index contributed by atoms with van der Waals surface area (Å²) < 4.78 is 27.8. The van der Waals surface area contributed by atoms with Gasteiger partial charge in [0.05, 0.1) is 4.83 Å². The minimum absolute atomic E-state index is 0.0555. The Morgan fingerprint density at radius 3 is 2.38 bits per heavy atom. The van der Waals surface area contributed by atoms with Crippen LogP contribution < -0.4 is 10.1 Å². The van der Waals surface area contributed by atoms with Gasteiger partial charge in [0.2, 0.25) is 5.91 Å². The van der Waals surface area contributed by atoms with Crippen LogP contribution in [0.4, 0.5) is 14.5 Å². The molecule has 1 atom stereocenters. The maximum atomic E-state index is 11.8. The third kappa shape index (κ3) is 4.14. The monoisotopic (exact) mass is 293 g/mol. The molecule has 0 aliphatic rings. The van der Waals surface area contributed by atoms with E-state index in [1.54, 1.807) is 6.92 Å². The van der Waals surface area contributed by atoms with Gasteiger partial charge in [-0.3, -0.25) is 4.79 Å². The van der Waals surface area contributed by atoms with Crippen LogP contribution in [-0.4, -0.2) is 17.3 Å². The van der Waals surface area contributed by atoms with Crippen molar-refractivity contribution in [1.29, 1.82) is 0 Å².